The van der Waals surface area contributed by atoms with E-state index >= 15 is 0 Å². The largest absolute Gasteiger partial charge is 0.371 e. The Balaban J connectivity index is 1.56. The fourth-order valence-corrected chi connectivity index (χ4v) is 3.44. The molecule has 1 aromatic rings. The van der Waals surface area contributed by atoms with E-state index in [0.29, 0.717) is 0 Å². The van der Waals surface area contributed by atoms with Gasteiger partial charge < -0.3 is 4.74 Å². The predicted octanol–water partition coefficient (Wildman–Crippen LogP) is 4.42. The van der Waals surface area contributed by atoms with E-state index in [0.717, 1.165) is 24.4 Å². The normalized spacial score (nSPS) is 30.9. The summed E-state index contributed by atoms with van der Waals surface area (Å²) in [5.74, 6) is 2.86. The quantitative estimate of drug-likeness (QED) is 0.762. The van der Waals surface area contributed by atoms with Gasteiger partial charge in [0.1, 0.15) is 0 Å². The number of hydrogen-bond acceptors (Lipinski definition) is 1. The summed E-state index contributed by atoms with van der Waals surface area (Å²) in [7, 11) is 0. The zero-order valence-corrected chi connectivity index (χ0v) is 11.6. The van der Waals surface area contributed by atoms with Crippen LogP contribution in [0.25, 0.3) is 0 Å². The van der Waals surface area contributed by atoms with Gasteiger partial charge in [0.2, 0.25) is 0 Å². The second-order valence-electron chi connectivity index (χ2n) is 6.64. The summed E-state index contributed by atoms with van der Waals surface area (Å²) in [5, 5.41) is 0. The Hall–Kier alpha value is -0.820. The van der Waals surface area contributed by atoms with E-state index in [2.05, 4.69) is 44.2 Å². The highest BCUT2D eigenvalue weighted by Crippen LogP contribution is 2.53. The molecule has 3 atom stereocenters. The Kier molecular flexibility index (Phi) is 3.19. The number of fused-ring (bicyclic) bond motifs is 1. The van der Waals surface area contributed by atoms with E-state index in [1.54, 1.807) is 0 Å². The topological polar surface area (TPSA) is 9.23 Å². The second-order valence-corrected chi connectivity index (χ2v) is 6.64. The Bertz CT molecular complexity index is 395. The summed E-state index contributed by atoms with van der Waals surface area (Å²) in [6, 6.07) is 10.5. The third-order valence-corrected chi connectivity index (χ3v) is 4.98. The van der Waals surface area contributed by atoms with Crippen LogP contribution in [-0.4, -0.2) is 5.60 Å². The maximum atomic E-state index is 6.22. The number of ether oxygens (including phenoxy) is 1. The minimum absolute atomic E-state index is 0.0312. The van der Waals surface area contributed by atoms with Crippen molar-refractivity contribution in [2.24, 2.45) is 17.8 Å². The first-order valence-electron chi connectivity index (χ1n) is 7.33. The highest BCUT2D eigenvalue weighted by molar-refractivity contribution is 5.13. The van der Waals surface area contributed by atoms with Gasteiger partial charge in [-0.25, -0.2) is 0 Å². The van der Waals surface area contributed by atoms with Gasteiger partial charge in [-0.1, -0.05) is 30.3 Å². The first-order valence-corrected chi connectivity index (χ1v) is 7.33. The Morgan fingerprint density at radius 1 is 1.06 bits per heavy atom. The summed E-state index contributed by atoms with van der Waals surface area (Å²) in [6.07, 6.45) is 5.69. The molecule has 0 aliphatic heterocycles. The van der Waals surface area contributed by atoms with Gasteiger partial charge in [0.15, 0.2) is 0 Å². The van der Waals surface area contributed by atoms with Crippen LogP contribution in [0.1, 0.15) is 45.1 Å². The smallest absolute Gasteiger partial charge is 0.0724 e. The van der Waals surface area contributed by atoms with E-state index in [1.165, 1.54) is 31.2 Å². The average molecular weight is 244 g/mol. The van der Waals surface area contributed by atoms with E-state index in [4.69, 9.17) is 4.74 Å². The molecule has 2 aliphatic carbocycles. The molecule has 1 unspecified atom stereocenters. The van der Waals surface area contributed by atoms with Crippen molar-refractivity contribution < 1.29 is 4.74 Å². The lowest BCUT2D eigenvalue weighted by molar-refractivity contribution is -0.0809. The van der Waals surface area contributed by atoms with Crippen molar-refractivity contribution in [1.82, 2.24) is 0 Å². The van der Waals surface area contributed by atoms with Crippen LogP contribution >= 0.6 is 0 Å². The lowest BCUT2D eigenvalue weighted by Crippen LogP contribution is -2.36. The molecule has 1 nitrogen and oxygen atoms in total. The third kappa shape index (κ3) is 2.61. The fraction of sp³-hybridized carbons (Fsp3) is 0.647. The summed E-state index contributed by atoms with van der Waals surface area (Å²) in [5.41, 5.74) is 1.31. The van der Waals surface area contributed by atoms with Gasteiger partial charge in [-0.05, 0) is 62.8 Å². The molecular weight excluding hydrogens is 220 g/mol. The Morgan fingerprint density at radius 3 is 2.56 bits per heavy atom. The summed E-state index contributed by atoms with van der Waals surface area (Å²) >= 11 is 0. The lowest BCUT2D eigenvalue weighted by atomic mass is 9.78. The number of benzene rings is 1. The van der Waals surface area contributed by atoms with Gasteiger partial charge >= 0.3 is 0 Å². The fourth-order valence-electron chi connectivity index (χ4n) is 3.44. The van der Waals surface area contributed by atoms with E-state index in [-0.39, 0.29) is 5.60 Å². The molecule has 98 valence electrons. The highest BCUT2D eigenvalue weighted by atomic mass is 16.5. The molecule has 1 heteroatoms. The first kappa shape index (κ1) is 12.2. The molecule has 3 rings (SSSR count). The SMILES string of the molecule is CC(C)(OCc1ccccc1)C1CC[C@H]2C[C@H]2C1. The van der Waals surface area contributed by atoms with Crippen molar-refractivity contribution in [3.05, 3.63) is 35.9 Å². The van der Waals surface area contributed by atoms with Crippen molar-refractivity contribution in [1.29, 1.82) is 0 Å². The zero-order chi connectivity index (χ0) is 12.6. The van der Waals surface area contributed by atoms with Gasteiger partial charge in [-0.15, -0.1) is 0 Å². The minimum Gasteiger partial charge on any atom is -0.371 e. The Morgan fingerprint density at radius 2 is 1.83 bits per heavy atom. The molecule has 0 radical (unpaired) electrons. The van der Waals surface area contributed by atoms with Crippen molar-refractivity contribution in [3.63, 3.8) is 0 Å². The predicted molar refractivity (Wildman–Crippen MR) is 74.2 cm³/mol. The van der Waals surface area contributed by atoms with Crippen molar-refractivity contribution >= 4 is 0 Å². The van der Waals surface area contributed by atoms with E-state index in [1.807, 2.05) is 0 Å². The van der Waals surface area contributed by atoms with Gasteiger partial charge in [0.25, 0.3) is 0 Å². The minimum atomic E-state index is 0.0312. The maximum Gasteiger partial charge on any atom is 0.0724 e. The summed E-state index contributed by atoms with van der Waals surface area (Å²) in [6.45, 7) is 5.31. The lowest BCUT2D eigenvalue weighted by Gasteiger charge is -2.37. The number of hydrogen-bond donors (Lipinski definition) is 0. The second kappa shape index (κ2) is 4.70. The summed E-state index contributed by atoms with van der Waals surface area (Å²) < 4.78 is 6.22. The van der Waals surface area contributed by atoms with Crippen LogP contribution in [-0.2, 0) is 11.3 Å². The van der Waals surface area contributed by atoms with Crippen LogP contribution in [0.3, 0.4) is 0 Å². The maximum absolute atomic E-state index is 6.22. The third-order valence-electron chi connectivity index (χ3n) is 4.98. The molecule has 2 aliphatic rings. The van der Waals surface area contributed by atoms with E-state index < -0.39 is 0 Å². The van der Waals surface area contributed by atoms with Gasteiger partial charge in [-0.3, -0.25) is 0 Å². The van der Waals surface area contributed by atoms with E-state index in [9.17, 15) is 0 Å². The van der Waals surface area contributed by atoms with Crippen LogP contribution < -0.4 is 0 Å². The summed E-state index contributed by atoms with van der Waals surface area (Å²) in [4.78, 5) is 0. The molecule has 18 heavy (non-hydrogen) atoms. The molecule has 0 N–H and O–H groups in total. The molecule has 2 fully saturated rings. The standard InChI is InChI=1S/C17H24O/c1-17(2,16-9-8-14-10-15(14)11-16)18-12-13-6-4-3-5-7-13/h3-7,14-16H,8-12H2,1-2H3/t14-,15-,16?/m0/s1. The molecule has 1 aromatic carbocycles. The molecule has 0 heterocycles. The molecule has 2 saturated carbocycles. The highest BCUT2D eigenvalue weighted by Gasteiger charge is 2.46. The van der Waals surface area contributed by atoms with Crippen LogP contribution in [0.5, 0.6) is 0 Å². The van der Waals surface area contributed by atoms with Crippen molar-refractivity contribution in [2.45, 2.75) is 51.7 Å². The molecule has 0 aromatic heterocycles. The molecular formula is C17H24O. The van der Waals surface area contributed by atoms with Crippen LogP contribution in [0, 0.1) is 17.8 Å². The van der Waals surface area contributed by atoms with Crippen molar-refractivity contribution in [3.8, 4) is 0 Å². The molecule has 0 bridgehead atoms. The van der Waals surface area contributed by atoms with Gasteiger partial charge in [0, 0.05) is 0 Å². The number of rotatable bonds is 4. The Labute approximate surface area is 111 Å². The molecule has 0 amide bonds. The van der Waals surface area contributed by atoms with Crippen LogP contribution in [0.15, 0.2) is 30.3 Å². The monoisotopic (exact) mass is 244 g/mol. The van der Waals surface area contributed by atoms with Crippen LogP contribution in [0.2, 0.25) is 0 Å². The van der Waals surface area contributed by atoms with Gasteiger partial charge in [0.05, 0.1) is 12.2 Å². The molecule has 0 spiro atoms. The first-order chi connectivity index (χ1) is 8.65. The van der Waals surface area contributed by atoms with Crippen molar-refractivity contribution in [2.75, 3.05) is 0 Å². The van der Waals surface area contributed by atoms with Crippen LogP contribution in [0.4, 0.5) is 0 Å². The average Bonchev–Trinajstić information content (AvgIpc) is 3.16. The zero-order valence-electron chi connectivity index (χ0n) is 11.6. The van der Waals surface area contributed by atoms with Gasteiger partial charge in [-0.2, -0.15) is 0 Å². The molecule has 0 saturated heterocycles.